The molecule has 0 N–H and O–H groups in total. The number of aromatic nitrogens is 2. The lowest BCUT2D eigenvalue weighted by atomic mass is 9.84. The number of hydrogen-bond acceptors (Lipinski definition) is 3. The fourth-order valence-electron chi connectivity index (χ4n) is 5.20. The summed E-state index contributed by atoms with van der Waals surface area (Å²) in [6.45, 7) is 1.93. The van der Waals surface area contributed by atoms with Crippen LogP contribution in [0.1, 0.15) is 55.0 Å². The third-order valence-electron chi connectivity index (χ3n) is 6.86. The molecule has 1 aromatic heterocycles. The van der Waals surface area contributed by atoms with E-state index in [2.05, 4.69) is 4.98 Å². The van der Waals surface area contributed by atoms with Crippen LogP contribution in [0.4, 0.5) is 8.78 Å². The second-order valence-electron chi connectivity index (χ2n) is 9.05. The van der Waals surface area contributed by atoms with Crippen molar-refractivity contribution in [2.24, 2.45) is 0 Å². The Morgan fingerprint density at radius 3 is 2.68 bits per heavy atom. The van der Waals surface area contributed by atoms with Gasteiger partial charge in [-0.1, -0.05) is 12.1 Å². The number of amides is 1. The Morgan fingerprint density at radius 2 is 1.94 bits per heavy atom. The third kappa shape index (κ3) is 4.11. The predicted octanol–water partition coefficient (Wildman–Crippen LogP) is 5.77. The van der Waals surface area contributed by atoms with E-state index in [-0.39, 0.29) is 18.0 Å². The molecule has 0 saturated carbocycles. The van der Waals surface area contributed by atoms with E-state index in [4.69, 9.17) is 4.74 Å². The molecule has 0 aliphatic carbocycles. The lowest BCUT2D eigenvalue weighted by molar-refractivity contribution is -0.136. The zero-order valence-corrected chi connectivity index (χ0v) is 19.3. The van der Waals surface area contributed by atoms with Gasteiger partial charge in [0.05, 0.1) is 30.9 Å². The number of carbonyl (C=O) groups is 1. The molecule has 0 radical (unpaired) electrons. The number of methoxy groups -OCH3 is 1. The second-order valence-corrected chi connectivity index (χ2v) is 9.05. The number of aryl methyl sites for hydroxylation is 1. The Morgan fingerprint density at radius 1 is 1.09 bits per heavy atom. The zero-order chi connectivity index (χ0) is 23.8. The van der Waals surface area contributed by atoms with Crippen molar-refractivity contribution in [1.82, 2.24) is 14.5 Å². The van der Waals surface area contributed by atoms with E-state index in [1.807, 2.05) is 46.9 Å². The highest BCUT2D eigenvalue weighted by atomic mass is 19.2. The van der Waals surface area contributed by atoms with Crippen molar-refractivity contribution >= 4 is 12.0 Å². The van der Waals surface area contributed by atoms with Crippen molar-refractivity contribution in [3.8, 4) is 11.4 Å². The molecular formula is C27H27F2N3O2. The molecule has 5 nitrogen and oxygen atoms in total. The molecule has 7 heteroatoms. The summed E-state index contributed by atoms with van der Waals surface area (Å²) in [7, 11) is 1.62. The maximum absolute atomic E-state index is 13.9. The zero-order valence-electron chi connectivity index (χ0n) is 19.3. The summed E-state index contributed by atoms with van der Waals surface area (Å²) in [5.41, 5.74) is 4.03. The van der Waals surface area contributed by atoms with Gasteiger partial charge in [0.15, 0.2) is 11.6 Å². The quantitative estimate of drug-likeness (QED) is 0.462. The van der Waals surface area contributed by atoms with E-state index in [1.54, 1.807) is 19.5 Å². The van der Waals surface area contributed by atoms with Crippen molar-refractivity contribution in [3.05, 3.63) is 83.0 Å². The first-order valence-corrected chi connectivity index (χ1v) is 11.6. The summed E-state index contributed by atoms with van der Waals surface area (Å²) in [4.78, 5) is 19.8. The van der Waals surface area contributed by atoms with Crippen molar-refractivity contribution in [3.63, 3.8) is 0 Å². The monoisotopic (exact) mass is 463 g/mol. The van der Waals surface area contributed by atoms with Crippen LogP contribution in [-0.4, -0.2) is 33.5 Å². The van der Waals surface area contributed by atoms with Gasteiger partial charge < -0.3 is 14.2 Å². The van der Waals surface area contributed by atoms with Crippen molar-refractivity contribution in [2.75, 3.05) is 7.11 Å². The lowest BCUT2D eigenvalue weighted by Gasteiger charge is -2.46. The molecule has 0 unspecified atom stereocenters. The third-order valence-corrected chi connectivity index (χ3v) is 6.86. The molecular weight excluding hydrogens is 436 g/mol. The fraction of sp³-hybridized carbons (Fsp3) is 0.333. The minimum atomic E-state index is -0.875. The number of carbonyl (C=O) groups excluding carboxylic acids is 1. The maximum atomic E-state index is 13.9. The second kappa shape index (κ2) is 9.05. The number of halogens is 2. The standard InChI is InChI=1S/C27H27F2N3O2/c1-17-15-31(16-30-17)25-11-6-18(13-26(25)34-2)12-20-7-9-21-4-3-5-24(32(21)27(20)33)19-8-10-22(28)23(29)14-19/h6,8,10-16,21,24H,3-5,7,9H2,1-2H3/t21-,24-/m0/s1. The van der Waals surface area contributed by atoms with Gasteiger partial charge in [-0.2, -0.15) is 0 Å². The first-order chi connectivity index (χ1) is 16.4. The SMILES string of the molecule is COc1cc(C=C2CC[C@@H]3CCC[C@@H](c4ccc(F)c(F)c4)N3C2=O)ccc1-n1cnc(C)c1. The molecule has 3 aromatic rings. The Balaban J connectivity index is 1.45. The number of piperidine rings is 2. The van der Waals surface area contributed by atoms with Crippen LogP contribution in [0.25, 0.3) is 11.8 Å². The summed E-state index contributed by atoms with van der Waals surface area (Å²) in [5, 5.41) is 0. The molecule has 2 atom stereocenters. The molecule has 0 spiro atoms. The van der Waals surface area contributed by atoms with Crippen LogP contribution in [0.3, 0.4) is 0 Å². The Bertz CT molecular complexity index is 1270. The van der Waals surface area contributed by atoms with Crippen molar-refractivity contribution < 1.29 is 18.3 Å². The van der Waals surface area contributed by atoms with Crippen LogP contribution in [-0.2, 0) is 4.79 Å². The number of fused-ring (bicyclic) bond motifs is 1. The van der Waals surface area contributed by atoms with E-state index in [9.17, 15) is 13.6 Å². The molecule has 2 aliphatic heterocycles. The molecule has 2 fully saturated rings. The minimum Gasteiger partial charge on any atom is -0.495 e. The Labute approximate surface area is 197 Å². The van der Waals surface area contributed by atoms with Crippen molar-refractivity contribution in [1.29, 1.82) is 0 Å². The number of ether oxygens (including phenoxy) is 1. The van der Waals surface area contributed by atoms with Gasteiger partial charge in [0.25, 0.3) is 5.91 Å². The molecule has 34 heavy (non-hydrogen) atoms. The number of imidazole rings is 1. The predicted molar refractivity (Wildman–Crippen MR) is 126 cm³/mol. The topological polar surface area (TPSA) is 47.4 Å². The average molecular weight is 464 g/mol. The van der Waals surface area contributed by atoms with Crippen LogP contribution in [0.15, 0.2) is 54.5 Å². The van der Waals surface area contributed by atoms with Crippen LogP contribution >= 0.6 is 0 Å². The molecule has 0 bridgehead atoms. The molecule has 3 heterocycles. The van der Waals surface area contributed by atoms with Gasteiger partial charge in [-0.15, -0.1) is 0 Å². The number of nitrogens with zero attached hydrogens (tertiary/aromatic N) is 3. The largest absolute Gasteiger partial charge is 0.495 e. The minimum absolute atomic E-state index is 0.0287. The summed E-state index contributed by atoms with van der Waals surface area (Å²) in [6, 6.07) is 9.68. The highest BCUT2D eigenvalue weighted by Gasteiger charge is 2.39. The Hall–Kier alpha value is -3.48. The van der Waals surface area contributed by atoms with E-state index in [1.165, 1.54) is 6.07 Å². The summed E-state index contributed by atoms with van der Waals surface area (Å²) < 4.78 is 35.0. The van der Waals surface area contributed by atoms with E-state index in [0.29, 0.717) is 17.7 Å². The summed E-state index contributed by atoms with van der Waals surface area (Å²) in [5.74, 6) is -1.09. The molecule has 5 rings (SSSR count). The molecule has 2 saturated heterocycles. The van der Waals surface area contributed by atoms with Gasteiger partial charge in [0.2, 0.25) is 0 Å². The van der Waals surface area contributed by atoms with Gasteiger partial charge in [-0.3, -0.25) is 4.79 Å². The number of rotatable bonds is 4. The van der Waals surface area contributed by atoms with Gasteiger partial charge in [-0.25, -0.2) is 13.8 Å². The average Bonchev–Trinajstić information content (AvgIpc) is 3.28. The highest BCUT2D eigenvalue weighted by molar-refractivity contribution is 5.99. The number of hydrogen-bond donors (Lipinski definition) is 0. The molecule has 1 amide bonds. The first kappa shape index (κ1) is 22.3. The number of benzene rings is 2. The van der Waals surface area contributed by atoms with E-state index < -0.39 is 11.6 Å². The van der Waals surface area contributed by atoms with Crippen LogP contribution in [0, 0.1) is 18.6 Å². The van der Waals surface area contributed by atoms with Gasteiger partial charge in [-0.05, 0) is 80.5 Å². The molecule has 2 aliphatic rings. The molecule has 2 aromatic carbocycles. The smallest absolute Gasteiger partial charge is 0.250 e. The van der Waals surface area contributed by atoms with Crippen LogP contribution < -0.4 is 4.74 Å². The van der Waals surface area contributed by atoms with Crippen molar-refractivity contribution in [2.45, 2.75) is 51.1 Å². The van der Waals surface area contributed by atoms with E-state index >= 15 is 0 Å². The Kier molecular flexibility index (Phi) is 5.94. The highest BCUT2D eigenvalue weighted by Crippen LogP contribution is 2.41. The van der Waals surface area contributed by atoms with Gasteiger partial charge in [0, 0.05) is 17.8 Å². The maximum Gasteiger partial charge on any atom is 0.250 e. The van der Waals surface area contributed by atoms with E-state index in [0.717, 1.165) is 54.3 Å². The molecule has 176 valence electrons. The normalized spacial score (nSPS) is 21.6. The first-order valence-electron chi connectivity index (χ1n) is 11.6. The van der Waals surface area contributed by atoms with Gasteiger partial charge in [0.1, 0.15) is 5.75 Å². The summed E-state index contributed by atoms with van der Waals surface area (Å²) >= 11 is 0. The fourth-order valence-corrected chi connectivity index (χ4v) is 5.20. The van der Waals surface area contributed by atoms with Gasteiger partial charge >= 0.3 is 0 Å². The van der Waals surface area contributed by atoms with Crippen LogP contribution in [0.2, 0.25) is 0 Å². The van der Waals surface area contributed by atoms with Crippen LogP contribution in [0.5, 0.6) is 5.75 Å². The lowest BCUT2D eigenvalue weighted by Crippen LogP contribution is -2.49. The summed E-state index contributed by atoms with van der Waals surface area (Å²) in [6.07, 6.45) is 9.78.